The summed E-state index contributed by atoms with van der Waals surface area (Å²) in [6.45, 7) is 2.22. The lowest BCUT2D eigenvalue weighted by Gasteiger charge is -1.94. The number of nitrogens with one attached hydrogen (secondary N) is 1. The van der Waals surface area contributed by atoms with E-state index < -0.39 is 0 Å². The van der Waals surface area contributed by atoms with E-state index in [9.17, 15) is 0 Å². The number of aromatic amines is 1. The molecule has 0 aliphatic carbocycles. The van der Waals surface area contributed by atoms with Crippen LogP contribution in [0.15, 0.2) is 23.4 Å². The maximum absolute atomic E-state index is 3.16. The predicted molar refractivity (Wildman–Crippen MR) is 46.4 cm³/mol. The zero-order valence-corrected chi connectivity index (χ0v) is 7.08. The van der Waals surface area contributed by atoms with Gasteiger partial charge in [-0.1, -0.05) is 13.3 Å². The maximum Gasteiger partial charge on any atom is 0.0721 e. The highest BCUT2D eigenvalue weighted by atomic mass is 32.2. The van der Waals surface area contributed by atoms with Gasteiger partial charge in [0.25, 0.3) is 0 Å². The van der Waals surface area contributed by atoms with Crippen molar-refractivity contribution in [3.63, 3.8) is 0 Å². The smallest absolute Gasteiger partial charge is 0.0721 e. The molecule has 1 aromatic heterocycles. The normalized spacial score (nSPS) is 10.1. The summed E-state index contributed by atoms with van der Waals surface area (Å²) >= 11 is 1.90. The second-order valence-electron chi connectivity index (χ2n) is 2.24. The van der Waals surface area contributed by atoms with Gasteiger partial charge in [-0.2, -0.15) is 0 Å². The molecule has 0 atom stereocenters. The molecule has 1 N–H and O–H groups in total. The molecule has 56 valence electrons. The van der Waals surface area contributed by atoms with E-state index in [1.165, 1.54) is 23.6 Å². The van der Waals surface area contributed by atoms with Crippen LogP contribution in [0.4, 0.5) is 0 Å². The van der Waals surface area contributed by atoms with Crippen molar-refractivity contribution in [3.05, 3.63) is 18.3 Å². The number of thioether (sulfide) groups is 1. The van der Waals surface area contributed by atoms with Gasteiger partial charge in [0, 0.05) is 6.20 Å². The highest BCUT2D eigenvalue weighted by Gasteiger charge is 1.90. The number of aromatic nitrogens is 1. The van der Waals surface area contributed by atoms with Crippen molar-refractivity contribution in [2.75, 3.05) is 5.75 Å². The second kappa shape index (κ2) is 4.45. The minimum absolute atomic E-state index is 1.23. The van der Waals surface area contributed by atoms with Gasteiger partial charge in [-0.3, -0.25) is 0 Å². The van der Waals surface area contributed by atoms with Crippen LogP contribution in [0, 0.1) is 0 Å². The van der Waals surface area contributed by atoms with Crippen molar-refractivity contribution in [2.24, 2.45) is 0 Å². The molecule has 1 rings (SSSR count). The van der Waals surface area contributed by atoms with Gasteiger partial charge in [0.05, 0.1) is 5.03 Å². The van der Waals surface area contributed by atoms with Crippen LogP contribution in [0.25, 0.3) is 0 Å². The summed E-state index contributed by atoms with van der Waals surface area (Å²) in [5.74, 6) is 1.23. The van der Waals surface area contributed by atoms with Gasteiger partial charge in [0.2, 0.25) is 0 Å². The molecule has 0 saturated heterocycles. The lowest BCUT2D eigenvalue weighted by molar-refractivity contribution is 0.895. The average Bonchev–Trinajstić information content (AvgIpc) is 2.41. The molecule has 1 heterocycles. The number of unbranched alkanes of at least 4 members (excludes halogenated alkanes) is 1. The van der Waals surface area contributed by atoms with Crippen LogP contribution in [0.1, 0.15) is 19.8 Å². The summed E-state index contributed by atoms with van der Waals surface area (Å²) in [6, 6.07) is 4.15. The van der Waals surface area contributed by atoms with Crippen LogP contribution < -0.4 is 0 Å². The Morgan fingerprint density at radius 1 is 1.60 bits per heavy atom. The van der Waals surface area contributed by atoms with E-state index in [1.807, 2.05) is 24.0 Å². The van der Waals surface area contributed by atoms with E-state index in [2.05, 4.69) is 18.0 Å². The van der Waals surface area contributed by atoms with Crippen LogP contribution in [0.2, 0.25) is 0 Å². The Bertz CT molecular complexity index is 158. The zero-order valence-electron chi connectivity index (χ0n) is 6.26. The van der Waals surface area contributed by atoms with Gasteiger partial charge in [-0.25, -0.2) is 0 Å². The Balaban J connectivity index is 2.15. The van der Waals surface area contributed by atoms with E-state index in [-0.39, 0.29) is 0 Å². The molecule has 10 heavy (non-hydrogen) atoms. The largest absolute Gasteiger partial charge is 0.356 e. The first-order valence-electron chi connectivity index (χ1n) is 3.69. The van der Waals surface area contributed by atoms with E-state index in [1.54, 1.807) is 0 Å². The summed E-state index contributed by atoms with van der Waals surface area (Å²) in [5.41, 5.74) is 0. The highest BCUT2D eigenvalue weighted by Crippen LogP contribution is 2.15. The van der Waals surface area contributed by atoms with Crippen LogP contribution in [-0.4, -0.2) is 10.7 Å². The number of H-pyrrole nitrogens is 1. The van der Waals surface area contributed by atoms with Crippen LogP contribution in [0.3, 0.4) is 0 Å². The van der Waals surface area contributed by atoms with Crippen molar-refractivity contribution < 1.29 is 0 Å². The number of hydrogen-bond donors (Lipinski definition) is 1. The van der Waals surface area contributed by atoms with Gasteiger partial charge in [-0.15, -0.1) is 11.8 Å². The molecule has 2 heteroatoms. The van der Waals surface area contributed by atoms with E-state index in [4.69, 9.17) is 0 Å². The lowest BCUT2D eigenvalue weighted by atomic mass is 10.4. The molecule has 0 radical (unpaired) electrons. The quantitative estimate of drug-likeness (QED) is 0.522. The fourth-order valence-electron chi connectivity index (χ4n) is 0.730. The number of hydrogen-bond acceptors (Lipinski definition) is 1. The van der Waals surface area contributed by atoms with Crippen molar-refractivity contribution in [1.82, 2.24) is 4.98 Å². The van der Waals surface area contributed by atoms with Gasteiger partial charge in [-0.05, 0) is 24.3 Å². The van der Waals surface area contributed by atoms with Gasteiger partial charge >= 0.3 is 0 Å². The van der Waals surface area contributed by atoms with Crippen LogP contribution in [0.5, 0.6) is 0 Å². The standard InChI is InChI=1S/C8H13NS/c1-2-3-7-10-8-5-4-6-9-8/h4-6,9H,2-3,7H2,1H3. The van der Waals surface area contributed by atoms with Gasteiger partial charge in [0.1, 0.15) is 0 Å². The summed E-state index contributed by atoms with van der Waals surface area (Å²) in [6.07, 6.45) is 4.56. The van der Waals surface area contributed by atoms with Crippen molar-refractivity contribution in [1.29, 1.82) is 0 Å². The Kier molecular flexibility index (Phi) is 3.44. The third-order valence-electron chi connectivity index (χ3n) is 1.32. The molecule has 0 spiro atoms. The summed E-state index contributed by atoms with van der Waals surface area (Å²) in [4.78, 5) is 3.16. The molecule has 1 aromatic rings. The molecule has 0 aliphatic rings. The second-order valence-corrected chi connectivity index (χ2v) is 3.37. The average molecular weight is 155 g/mol. The van der Waals surface area contributed by atoms with E-state index in [0.717, 1.165) is 0 Å². The Hall–Kier alpha value is -0.370. The molecule has 0 unspecified atom stereocenters. The molecule has 0 aromatic carbocycles. The molecule has 0 fully saturated rings. The van der Waals surface area contributed by atoms with Crippen molar-refractivity contribution >= 4 is 11.8 Å². The fraction of sp³-hybridized carbons (Fsp3) is 0.500. The van der Waals surface area contributed by atoms with Crippen molar-refractivity contribution in [3.8, 4) is 0 Å². The Morgan fingerprint density at radius 3 is 3.10 bits per heavy atom. The summed E-state index contributed by atoms with van der Waals surface area (Å²) < 4.78 is 0. The third kappa shape index (κ3) is 2.48. The molecular weight excluding hydrogens is 142 g/mol. The maximum atomic E-state index is 3.16. The first kappa shape index (κ1) is 7.73. The lowest BCUT2D eigenvalue weighted by Crippen LogP contribution is -1.76. The first-order valence-corrected chi connectivity index (χ1v) is 4.68. The fourth-order valence-corrected chi connectivity index (χ4v) is 1.71. The van der Waals surface area contributed by atoms with E-state index in [0.29, 0.717) is 0 Å². The number of rotatable bonds is 4. The molecule has 0 amide bonds. The Labute approximate surface area is 66.2 Å². The molecule has 1 nitrogen and oxygen atoms in total. The summed E-state index contributed by atoms with van der Waals surface area (Å²) in [7, 11) is 0. The predicted octanol–water partition coefficient (Wildman–Crippen LogP) is 2.91. The molecule has 0 aliphatic heterocycles. The molecule has 0 bridgehead atoms. The molecule has 0 saturated carbocycles. The minimum Gasteiger partial charge on any atom is -0.356 e. The van der Waals surface area contributed by atoms with E-state index >= 15 is 0 Å². The Morgan fingerprint density at radius 2 is 2.50 bits per heavy atom. The third-order valence-corrected chi connectivity index (χ3v) is 2.38. The zero-order chi connectivity index (χ0) is 7.23. The monoisotopic (exact) mass is 155 g/mol. The van der Waals surface area contributed by atoms with Gasteiger partial charge in [0.15, 0.2) is 0 Å². The van der Waals surface area contributed by atoms with Crippen molar-refractivity contribution in [2.45, 2.75) is 24.8 Å². The SMILES string of the molecule is CCCCSc1ccc[nH]1. The van der Waals surface area contributed by atoms with Gasteiger partial charge < -0.3 is 4.98 Å². The first-order chi connectivity index (χ1) is 4.93. The molecular formula is C8H13NS. The topological polar surface area (TPSA) is 15.8 Å². The summed E-state index contributed by atoms with van der Waals surface area (Å²) in [5, 5.41) is 1.29. The van der Waals surface area contributed by atoms with Crippen LogP contribution >= 0.6 is 11.8 Å². The minimum atomic E-state index is 1.23. The highest BCUT2D eigenvalue weighted by molar-refractivity contribution is 7.99. The van der Waals surface area contributed by atoms with Crippen LogP contribution in [-0.2, 0) is 0 Å².